The summed E-state index contributed by atoms with van der Waals surface area (Å²) in [7, 11) is 0. The van der Waals surface area contributed by atoms with E-state index in [1.54, 1.807) is 24.3 Å². The average Bonchev–Trinajstić information content (AvgIpc) is 3.05. The summed E-state index contributed by atoms with van der Waals surface area (Å²) >= 11 is 12.2. The third-order valence-electron chi connectivity index (χ3n) is 7.03. The first-order chi connectivity index (χ1) is 14.8. The van der Waals surface area contributed by atoms with Crippen molar-refractivity contribution < 1.29 is 14.3 Å². The zero-order valence-electron chi connectivity index (χ0n) is 17.2. The number of carboxylic acid groups (broad SMARTS) is 1. The number of benzene rings is 2. The number of hydrogen-bond acceptors (Lipinski definition) is 3. The summed E-state index contributed by atoms with van der Waals surface area (Å²) < 4.78 is 15.2. The second-order valence-corrected chi connectivity index (χ2v) is 9.68. The Hall–Kier alpha value is -1.66. The van der Waals surface area contributed by atoms with Gasteiger partial charge in [-0.25, -0.2) is 4.39 Å². The van der Waals surface area contributed by atoms with Crippen LogP contribution in [0.15, 0.2) is 42.5 Å². The van der Waals surface area contributed by atoms with Gasteiger partial charge in [0.15, 0.2) is 0 Å². The zero-order chi connectivity index (χ0) is 22.2. The van der Waals surface area contributed by atoms with E-state index >= 15 is 4.39 Å². The van der Waals surface area contributed by atoms with Crippen LogP contribution in [-0.4, -0.2) is 23.2 Å². The lowest BCUT2D eigenvalue weighted by atomic mass is 9.69. The van der Waals surface area contributed by atoms with Gasteiger partial charge >= 0.3 is 5.97 Å². The summed E-state index contributed by atoms with van der Waals surface area (Å²) in [5.74, 6) is -2.05. The standard InChI is InChI=1S/C24H27Cl2FN2O2/c25-16-11-9-15(10-12-16)24(28)19(13-14-5-2-1-3-6-14)29-22(23(30)31)20(24)17-7-4-8-18(26)21(17)27/h4,7-12,14,19-20,22,29H,1-3,5-6,13,28H2,(H,30,31)/t19-,20-,22-,24+/m0/s1. The molecule has 0 bridgehead atoms. The number of halogens is 3. The molecule has 4 atom stereocenters. The summed E-state index contributed by atoms with van der Waals surface area (Å²) in [6, 6.07) is 10.4. The number of carboxylic acids is 1. The van der Waals surface area contributed by atoms with Gasteiger partial charge in [-0.1, -0.05) is 79.6 Å². The van der Waals surface area contributed by atoms with E-state index in [0.29, 0.717) is 10.9 Å². The minimum absolute atomic E-state index is 0.0455. The maximum Gasteiger partial charge on any atom is 0.321 e. The van der Waals surface area contributed by atoms with Gasteiger partial charge in [-0.3, -0.25) is 10.1 Å². The SMILES string of the molecule is N[C@]1(c2ccc(Cl)cc2)[C@H](CC2CCCCC2)N[C@H](C(=O)O)[C@@H]1c1cccc(Cl)c1F. The summed E-state index contributed by atoms with van der Waals surface area (Å²) in [5.41, 5.74) is 6.95. The Morgan fingerprint density at radius 3 is 2.45 bits per heavy atom. The number of rotatable bonds is 5. The van der Waals surface area contributed by atoms with E-state index in [4.69, 9.17) is 28.9 Å². The molecule has 2 aliphatic rings. The highest BCUT2D eigenvalue weighted by Gasteiger charge is 2.57. The van der Waals surface area contributed by atoms with Gasteiger partial charge in [-0.2, -0.15) is 0 Å². The Kier molecular flexibility index (Phi) is 6.59. The molecule has 0 aromatic heterocycles. The van der Waals surface area contributed by atoms with Gasteiger partial charge in [0.05, 0.1) is 10.6 Å². The molecule has 1 saturated carbocycles. The molecule has 1 aliphatic carbocycles. The van der Waals surface area contributed by atoms with Gasteiger partial charge in [0.2, 0.25) is 0 Å². The number of nitrogens with one attached hydrogen (secondary N) is 1. The van der Waals surface area contributed by atoms with Crippen molar-refractivity contribution in [2.45, 2.75) is 62.1 Å². The molecule has 1 heterocycles. The van der Waals surface area contributed by atoms with Gasteiger partial charge in [-0.05, 0) is 41.7 Å². The van der Waals surface area contributed by atoms with Crippen LogP contribution in [0, 0.1) is 11.7 Å². The molecule has 7 heteroatoms. The van der Waals surface area contributed by atoms with Crippen LogP contribution in [0.4, 0.5) is 4.39 Å². The highest BCUT2D eigenvalue weighted by atomic mass is 35.5. The quantitative estimate of drug-likeness (QED) is 0.548. The van der Waals surface area contributed by atoms with Crippen molar-refractivity contribution in [3.8, 4) is 0 Å². The van der Waals surface area contributed by atoms with Crippen molar-refractivity contribution in [2.24, 2.45) is 11.7 Å². The molecule has 0 spiro atoms. The maximum atomic E-state index is 15.2. The van der Waals surface area contributed by atoms with Crippen molar-refractivity contribution in [2.75, 3.05) is 0 Å². The first-order valence-corrected chi connectivity index (χ1v) is 11.6. The molecular weight excluding hydrogens is 438 g/mol. The predicted molar refractivity (Wildman–Crippen MR) is 121 cm³/mol. The predicted octanol–water partition coefficient (Wildman–Crippen LogP) is 5.47. The fourth-order valence-electron chi connectivity index (χ4n) is 5.49. The third kappa shape index (κ3) is 4.21. The molecule has 2 fully saturated rings. The Bertz CT molecular complexity index is 949. The molecule has 0 radical (unpaired) electrons. The Labute approximate surface area is 191 Å². The lowest BCUT2D eigenvalue weighted by molar-refractivity contribution is -0.139. The lowest BCUT2D eigenvalue weighted by Crippen LogP contribution is -2.51. The van der Waals surface area contributed by atoms with Crippen molar-refractivity contribution in [3.05, 3.63) is 69.5 Å². The van der Waals surface area contributed by atoms with Gasteiger partial charge in [0.1, 0.15) is 11.9 Å². The second-order valence-electron chi connectivity index (χ2n) is 8.84. The third-order valence-corrected chi connectivity index (χ3v) is 7.57. The topological polar surface area (TPSA) is 75.3 Å². The molecular formula is C24H27Cl2FN2O2. The highest BCUT2D eigenvalue weighted by molar-refractivity contribution is 6.31. The van der Waals surface area contributed by atoms with Crippen molar-refractivity contribution >= 4 is 29.2 Å². The number of nitrogens with two attached hydrogens (primary N) is 1. The Balaban J connectivity index is 1.84. The van der Waals surface area contributed by atoms with E-state index < -0.39 is 29.3 Å². The fourth-order valence-corrected chi connectivity index (χ4v) is 5.80. The van der Waals surface area contributed by atoms with Gasteiger partial charge in [0.25, 0.3) is 0 Å². The molecule has 166 valence electrons. The normalized spacial score (nSPS) is 29.2. The van der Waals surface area contributed by atoms with Gasteiger partial charge in [0, 0.05) is 17.0 Å². The summed E-state index contributed by atoms with van der Waals surface area (Å²) in [4.78, 5) is 12.3. The van der Waals surface area contributed by atoms with Crippen LogP contribution < -0.4 is 11.1 Å². The van der Waals surface area contributed by atoms with Crippen LogP contribution in [0.3, 0.4) is 0 Å². The zero-order valence-corrected chi connectivity index (χ0v) is 18.7. The molecule has 4 nitrogen and oxygen atoms in total. The van der Waals surface area contributed by atoms with Crippen LogP contribution >= 0.6 is 23.2 Å². The van der Waals surface area contributed by atoms with Crippen molar-refractivity contribution in [1.82, 2.24) is 5.32 Å². The maximum absolute atomic E-state index is 15.2. The fraction of sp³-hybridized carbons (Fsp3) is 0.458. The number of aliphatic carboxylic acids is 1. The molecule has 2 aromatic rings. The van der Waals surface area contributed by atoms with E-state index in [2.05, 4.69) is 5.32 Å². The monoisotopic (exact) mass is 464 g/mol. The van der Waals surface area contributed by atoms with Crippen LogP contribution in [0.1, 0.15) is 55.6 Å². The van der Waals surface area contributed by atoms with Crippen molar-refractivity contribution in [3.63, 3.8) is 0 Å². The Morgan fingerprint density at radius 2 is 1.81 bits per heavy atom. The summed E-state index contributed by atoms with van der Waals surface area (Å²) in [6.07, 6.45) is 6.51. The van der Waals surface area contributed by atoms with E-state index in [-0.39, 0.29) is 16.6 Å². The molecule has 31 heavy (non-hydrogen) atoms. The van der Waals surface area contributed by atoms with E-state index in [1.807, 2.05) is 12.1 Å². The highest BCUT2D eigenvalue weighted by Crippen LogP contribution is 2.49. The smallest absolute Gasteiger partial charge is 0.321 e. The molecule has 2 aromatic carbocycles. The largest absolute Gasteiger partial charge is 0.480 e. The van der Waals surface area contributed by atoms with E-state index in [1.165, 1.54) is 25.3 Å². The molecule has 4 rings (SSSR count). The molecule has 0 amide bonds. The minimum Gasteiger partial charge on any atom is -0.480 e. The lowest BCUT2D eigenvalue weighted by Gasteiger charge is -2.39. The number of hydrogen-bond donors (Lipinski definition) is 3. The Morgan fingerprint density at radius 1 is 1.13 bits per heavy atom. The van der Waals surface area contributed by atoms with Crippen molar-refractivity contribution in [1.29, 1.82) is 0 Å². The van der Waals surface area contributed by atoms with E-state index in [0.717, 1.165) is 24.8 Å². The summed E-state index contributed by atoms with van der Waals surface area (Å²) in [5, 5.41) is 13.8. The van der Waals surface area contributed by atoms with Crippen LogP contribution in [0.5, 0.6) is 0 Å². The molecule has 4 N–H and O–H groups in total. The average molecular weight is 465 g/mol. The van der Waals surface area contributed by atoms with Crippen LogP contribution in [-0.2, 0) is 10.3 Å². The van der Waals surface area contributed by atoms with Gasteiger partial charge < -0.3 is 10.8 Å². The molecule has 1 aliphatic heterocycles. The molecule has 0 unspecified atom stereocenters. The summed E-state index contributed by atoms with van der Waals surface area (Å²) in [6.45, 7) is 0. The second kappa shape index (κ2) is 9.07. The first kappa shape index (κ1) is 22.5. The number of carbonyl (C=O) groups is 1. The van der Waals surface area contributed by atoms with Crippen LogP contribution in [0.25, 0.3) is 0 Å². The van der Waals surface area contributed by atoms with E-state index in [9.17, 15) is 9.90 Å². The molecule has 1 saturated heterocycles. The van der Waals surface area contributed by atoms with Crippen LogP contribution in [0.2, 0.25) is 10.0 Å². The first-order valence-electron chi connectivity index (χ1n) is 10.8. The van der Waals surface area contributed by atoms with Gasteiger partial charge in [-0.15, -0.1) is 0 Å². The minimum atomic E-state index is -1.14.